The molecule has 0 heterocycles. The van der Waals surface area contributed by atoms with E-state index in [9.17, 15) is 5.11 Å². The number of benzene rings is 5. The first-order valence-corrected chi connectivity index (χ1v) is 8.22. The van der Waals surface area contributed by atoms with Gasteiger partial charge in [0.2, 0.25) is 0 Å². The van der Waals surface area contributed by atoms with Crippen LogP contribution in [0.4, 0.5) is 0 Å². The first-order valence-electron chi connectivity index (χ1n) is 8.22. The lowest BCUT2D eigenvalue weighted by Gasteiger charge is -2.17. The van der Waals surface area contributed by atoms with E-state index < -0.39 is 6.10 Å². The fourth-order valence-corrected chi connectivity index (χ4v) is 3.81. The molecule has 1 unspecified atom stereocenters. The molecule has 1 heteroatoms. The van der Waals surface area contributed by atoms with Gasteiger partial charge < -0.3 is 5.11 Å². The molecule has 5 aromatic carbocycles. The topological polar surface area (TPSA) is 20.2 Å². The Kier molecular flexibility index (Phi) is 2.85. The lowest BCUT2D eigenvalue weighted by atomic mass is 9.89. The van der Waals surface area contributed by atoms with Crippen LogP contribution in [0.5, 0.6) is 0 Å². The molecule has 0 aliphatic heterocycles. The summed E-state index contributed by atoms with van der Waals surface area (Å²) in [6.45, 7) is 0. The van der Waals surface area contributed by atoms with E-state index in [2.05, 4.69) is 54.6 Å². The van der Waals surface area contributed by atoms with Crippen molar-refractivity contribution >= 4 is 32.3 Å². The highest BCUT2D eigenvalue weighted by molar-refractivity contribution is 6.23. The van der Waals surface area contributed by atoms with Gasteiger partial charge in [0, 0.05) is 0 Å². The van der Waals surface area contributed by atoms with Gasteiger partial charge in [-0.05, 0) is 43.4 Å². The van der Waals surface area contributed by atoms with Crippen molar-refractivity contribution in [3.05, 3.63) is 96.1 Å². The van der Waals surface area contributed by atoms with Crippen molar-refractivity contribution in [2.75, 3.05) is 0 Å². The van der Waals surface area contributed by atoms with Gasteiger partial charge >= 0.3 is 0 Å². The fourth-order valence-electron chi connectivity index (χ4n) is 3.81. The predicted molar refractivity (Wildman–Crippen MR) is 101 cm³/mol. The summed E-state index contributed by atoms with van der Waals surface area (Å²) in [4.78, 5) is 0. The van der Waals surface area contributed by atoms with Crippen LogP contribution in [0.15, 0.2) is 84.9 Å². The number of hydrogen-bond donors (Lipinski definition) is 1. The van der Waals surface area contributed by atoms with Gasteiger partial charge in [-0.1, -0.05) is 84.9 Å². The minimum atomic E-state index is -0.615. The summed E-state index contributed by atoms with van der Waals surface area (Å²) in [6, 6.07) is 29.1. The van der Waals surface area contributed by atoms with E-state index in [1.807, 2.05) is 30.3 Å². The van der Waals surface area contributed by atoms with Crippen molar-refractivity contribution in [3.63, 3.8) is 0 Å². The van der Waals surface area contributed by atoms with Crippen molar-refractivity contribution in [3.8, 4) is 0 Å². The van der Waals surface area contributed by atoms with Gasteiger partial charge in [0.25, 0.3) is 0 Å². The molecular formula is C23H16O. The molecule has 5 aromatic rings. The smallest absolute Gasteiger partial charge is 0.105 e. The second kappa shape index (κ2) is 5.05. The Morgan fingerprint density at radius 2 is 1.17 bits per heavy atom. The second-order valence-corrected chi connectivity index (χ2v) is 6.32. The Morgan fingerprint density at radius 3 is 1.92 bits per heavy atom. The van der Waals surface area contributed by atoms with Crippen LogP contribution in [0.1, 0.15) is 17.2 Å². The Hall–Kier alpha value is -2.90. The van der Waals surface area contributed by atoms with Crippen LogP contribution in [0.2, 0.25) is 0 Å². The molecule has 0 aliphatic carbocycles. The maximum atomic E-state index is 10.9. The van der Waals surface area contributed by atoms with Crippen LogP contribution in [0.25, 0.3) is 32.3 Å². The van der Waals surface area contributed by atoms with E-state index in [0.717, 1.165) is 16.5 Å². The van der Waals surface area contributed by atoms with Crippen molar-refractivity contribution in [2.24, 2.45) is 0 Å². The van der Waals surface area contributed by atoms with Crippen LogP contribution in [0, 0.1) is 0 Å². The highest BCUT2D eigenvalue weighted by Gasteiger charge is 2.16. The molecule has 114 valence electrons. The van der Waals surface area contributed by atoms with E-state index in [1.165, 1.54) is 26.9 Å². The van der Waals surface area contributed by atoms with Crippen LogP contribution in [-0.2, 0) is 0 Å². The molecule has 0 aromatic heterocycles. The monoisotopic (exact) mass is 308 g/mol. The maximum Gasteiger partial charge on any atom is 0.105 e. The van der Waals surface area contributed by atoms with E-state index in [4.69, 9.17) is 0 Å². The molecule has 0 fully saturated rings. The molecule has 0 radical (unpaired) electrons. The first kappa shape index (κ1) is 13.5. The Bertz CT molecular complexity index is 1140. The zero-order chi connectivity index (χ0) is 16.1. The number of rotatable bonds is 2. The zero-order valence-electron chi connectivity index (χ0n) is 13.1. The lowest BCUT2D eigenvalue weighted by molar-refractivity contribution is 0.222. The van der Waals surface area contributed by atoms with Crippen molar-refractivity contribution < 1.29 is 5.11 Å². The van der Waals surface area contributed by atoms with Crippen LogP contribution >= 0.6 is 0 Å². The number of hydrogen-bond acceptors (Lipinski definition) is 1. The summed E-state index contributed by atoms with van der Waals surface area (Å²) in [5.74, 6) is 0. The van der Waals surface area contributed by atoms with Gasteiger partial charge in [-0.3, -0.25) is 0 Å². The molecule has 1 atom stereocenters. The molecule has 0 bridgehead atoms. The van der Waals surface area contributed by atoms with Gasteiger partial charge in [0.1, 0.15) is 6.10 Å². The third-order valence-electron chi connectivity index (χ3n) is 4.97. The Balaban J connectivity index is 1.87. The predicted octanol–water partition coefficient (Wildman–Crippen LogP) is 5.67. The van der Waals surface area contributed by atoms with E-state index >= 15 is 0 Å². The SMILES string of the molecule is OC(c1ccccc1)c1ccc2ccc3cccc4ccc1c2c34. The molecule has 24 heavy (non-hydrogen) atoms. The largest absolute Gasteiger partial charge is 0.384 e. The Morgan fingerprint density at radius 1 is 0.542 bits per heavy atom. The normalized spacial score (nSPS) is 13.0. The van der Waals surface area contributed by atoms with Crippen molar-refractivity contribution in [2.45, 2.75) is 6.10 Å². The minimum Gasteiger partial charge on any atom is -0.384 e. The Labute approximate surface area is 140 Å². The van der Waals surface area contributed by atoms with Crippen molar-refractivity contribution in [1.82, 2.24) is 0 Å². The molecule has 0 spiro atoms. The van der Waals surface area contributed by atoms with E-state index in [0.29, 0.717) is 0 Å². The van der Waals surface area contributed by atoms with Gasteiger partial charge in [-0.15, -0.1) is 0 Å². The average molecular weight is 308 g/mol. The summed E-state index contributed by atoms with van der Waals surface area (Å²) in [7, 11) is 0. The summed E-state index contributed by atoms with van der Waals surface area (Å²) in [5, 5.41) is 18.3. The fraction of sp³-hybridized carbons (Fsp3) is 0.0435. The number of aliphatic hydroxyl groups is 1. The highest BCUT2D eigenvalue weighted by Crippen LogP contribution is 2.38. The zero-order valence-corrected chi connectivity index (χ0v) is 13.1. The minimum absolute atomic E-state index is 0.615. The molecular weight excluding hydrogens is 292 g/mol. The van der Waals surface area contributed by atoms with Crippen LogP contribution < -0.4 is 0 Å². The van der Waals surface area contributed by atoms with Gasteiger partial charge in [0.15, 0.2) is 0 Å². The second-order valence-electron chi connectivity index (χ2n) is 6.32. The standard InChI is InChI=1S/C23H16O/c24-23(18-5-2-1-3-6-18)20-14-12-17-10-9-15-7-4-8-16-11-13-19(20)22(17)21(15)16/h1-14,23-24H. The molecule has 0 amide bonds. The molecule has 0 aliphatic rings. The molecule has 0 saturated carbocycles. The summed E-state index contributed by atoms with van der Waals surface area (Å²) >= 11 is 0. The quantitative estimate of drug-likeness (QED) is 0.417. The van der Waals surface area contributed by atoms with Crippen molar-refractivity contribution in [1.29, 1.82) is 0 Å². The van der Waals surface area contributed by atoms with Crippen LogP contribution in [-0.4, -0.2) is 5.11 Å². The third-order valence-corrected chi connectivity index (χ3v) is 4.97. The average Bonchev–Trinajstić information content (AvgIpc) is 2.66. The number of aliphatic hydroxyl groups excluding tert-OH is 1. The summed E-state index contributed by atoms with van der Waals surface area (Å²) in [6.07, 6.45) is -0.615. The lowest BCUT2D eigenvalue weighted by Crippen LogP contribution is -2.00. The maximum absolute atomic E-state index is 10.9. The van der Waals surface area contributed by atoms with Gasteiger partial charge in [0.05, 0.1) is 0 Å². The van der Waals surface area contributed by atoms with Gasteiger partial charge in [-0.25, -0.2) is 0 Å². The molecule has 5 rings (SSSR count). The summed E-state index contributed by atoms with van der Waals surface area (Å²) in [5.41, 5.74) is 1.89. The van der Waals surface area contributed by atoms with Crippen LogP contribution in [0.3, 0.4) is 0 Å². The molecule has 0 saturated heterocycles. The molecule has 1 N–H and O–H groups in total. The highest BCUT2D eigenvalue weighted by atomic mass is 16.3. The third kappa shape index (κ3) is 1.85. The summed E-state index contributed by atoms with van der Waals surface area (Å²) < 4.78 is 0. The van der Waals surface area contributed by atoms with Gasteiger partial charge in [-0.2, -0.15) is 0 Å². The van der Waals surface area contributed by atoms with E-state index in [-0.39, 0.29) is 0 Å². The van der Waals surface area contributed by atoms with E-state index in [1.54, 1.807) is 0 Å². The molecule has 1 nitrogen and oxygen atoms in total. The first-order chi connectivity index (χ1) is 11.8.